The van der Waals surface area contributed by atoms with E-state index in [-0.39, 0.29) is 22.1 Å². The first kappa shape index (κ1) is 30.9. The molecule has 0 aromatic rings. The molecule has 0 saturated heterocycles. The third-order valence-electron chi connectivity index (χ3n) is 6.69. The second-order valence-electron chi connectivity index (χ2n) is 11.9. The normalized spacial score (nSPS) is 17.3. The smallest absolute Gasteiger partial charge is 0.264 e. The lowest BCUT2D eigenvalue weighted by molar-refractivity contribution is -0.111. The molecule has 31 heavy (non-hydrogen) atoms. The highest BCUT2D eigenvalue weighted by molar-refractivity contribution is 7.86. The summed E-state index contributed by atoms with van der Waals surface area (Å²) in [5.41, 5.74) is 0. The molecule has 0 aliphatic rings. The van der Waals surface area contributed by atoms with E-state index >= 15 is 0 Å². The molecule has 0 fully saturated rings. The van der Waals surface area contributed by atoms with Crippen LogP contribution in [-0.4, -0.2) is 56.4 Å². The van der Waals surface area contributed by atoms with Gasteiger partial charge in [-0.2, -0.15) is 8.42 Å². The Labute approximate surface area is 194 Å². The Balaban J connectivity index is 5.53. The monoisotopic (exact) mass is 496 g/mol. The van der Waals surface area contributed by atoms with E-state index in [0.29, 0.717) is 25.9 Å². The SMILES string of the molecule is CC(C=O)C[C@@H](CCC(CO[Si](C)(C)C(C)(C)C)O[Si](C)(C)C(C)(C)C)OS(C)(=O)=O. The Bertz CT molecular complexity index is 662. The molecule has 0 bridgehead atoms. The highest BCUT2D eigenvalue weighted by Crippen LogP contribution is 2.39. The largest absolute Gasteiger partial charge is 0.414 e. The second kappa shape index (κ2) is 11.4. The van der Waals surface area contributed by atoms with Crippen molar-refractivity contribution in [1.82, 2.24) is 0 Å². The topological polar surface area (TPSA) is 78.9 Å². The van der Waals surface area contributed by atoms with E-state index in [0.717, 1.165) is 12.5 Å². The van der Waals surface area contributed by atoms with E-state index in [4.69, 9.17) is 13.0 Å². The van der Waals surface area contributed by atoms with Gasteiger partial charge in [-0.1, -0.05) is 48.5 Å². The summed E-state index contributed by atoms with van der Waals surface area (Å²) in [6.07, 6.45) is 2.67. The van der Waals surface area contributed by atoms with Gasteiger partial charge >= 0.3 is 0 Å². The molecular formula is C22H48O6SSi2. The number of aldehydes is 1. The van der Waals surface area contributed by atoms with Crippen LogP contribution in [-0.2, 0) is 27.9 Å². The summed E-state index contributed by atoms with van der Waals surface area (Å²) in [5, 5.41) is 0.146. The minimum atomic E-state index is -3.61. The lowest BCUT2D eigenvalue weighted by Gasteiger charge is -2.42. The van der Waals surface area contributed by atoms with Gasteiger partial charge in [0.25, 0.3) is 10.1 Å². The number of carbonyl (C=O) groups is 1. The predicted molar refractivity (Wildman–Crippen MR) is 134 cm³/mol. The quantitative estimate of drug-likeness (QED) is 0.183. The number of hydrogen-bond donors (Lipinski definition) is 0. The number of carbonyl (C=O) groups excluding carboxylic acids is 1. The van der Waals surface area contributed by atoms with Crippen molar-refractivity contribution < 1.29 is 26.2 Å². The Morgan fingerprint density at radius 1 is 0.871 bits per heavy atom. The summed E-state index contributed by atoms with van der Waals surface area (Å²) >= 11 is 0. The molecule has 9 heteroatoms. The van der Waals surface area contributed by atoms with Gasteiger partial charge < -0.3 is 13.6 Å². The first-order valence-corrected chi connectivity index (χ1v) is 18.9. The fourth-order valence-corrected chi connectivity index (χ4v) is 5.66. The predicted octanol–water partition coefficient (Wildman–Crippen LogP) is 5.75. The molecule has 186 valence electrons. The molecule has 0 aromatic carbocycles. The van der Waals surface area contributed by atoms with E-state index in [1.54, 1.807) is 6.92 Å². The molecule has 0 heterocycles. The molecule has 0 saturated carbocycles. The standard InChI is InChI=1S/C22H48O6SSi2/c1-18(16-23)15-19(27-29(8,24)25)13-14-20(28-31(11,12)22(5,6)7)17-26-30(9,10)21(2,3)4/h16,18-20H,13-15,17H2,1-12H3/t18?,19-,20?/m1/s1. The maximum absolute atomic E-state index is 11.7. The third kappa shape index (κ3) is 11.6. The van der Waals surface area contributed by atoms with Gasteiger partial charge in [-0.05, 0) is 55.5 Å². The van der Waals surface area contributed by atoms with E-state index in [1.165, 1.54) is 0 Å². The molecular weight excluding hydrogens is 448 g/mol. The minimum absolute atomic E-state index is 0.0525. The van der Waals surface area contributed by atoms with Crippen LogP contribution in [0.4, 0.5) is 0 Å². The van der Waals surface area contributed by atoms with Crippen molar-refractivity contribution in [2.75, 3.05) is 12.9 Å². The molecule has 0 aliphatic heterocycles. The van der Waals surface area contributed by atoms with Crippen LogP contribution >= 0.6 is 0 Å². The fraction of sp³-hybridized carbons (Fsp3) is 0.955. The summed E-state index contributed by atoms with van der Waals surface area (Å²) in [4.78, 5) is 11.1. The highest BCUT2D eigenvalue weighted by Gasteiger charge is 2.41. The number of hydrogen-bond acceptors (Lipinski definition) is 6. The Morgan fingerprint density at radius 2 is 1.32 bits per heavy atom. The zero-order valence-corrected chi connectivity index (χ0v) is 24.8. The zero-order chi connectivity index (χ0) is 24.9. The average molecular weight is 497 g/mol. The van der Waals surface area contributed by atoms with Crippen LogP contribution in [0, 0.1) is 5.92 Å². The Hall–Kier alpha value is -0.0662. The first-order valence-electron chi connectivity index (χ1n) is 11.3. The van der Waals surface area contributed by atoms with Crippen molar-refractivity contribution in [3.63, 3.8) is 0 Å². The van der Waals surface area contributed by atoms with Gasteiger partial charge in [0.15, 0.2) is 16.6 Å². The molecule has 0 spiro atoms. The van der Waals surface area contributed by atoms with Crippen LogP contribution < -0.4 is 0 Å². The average Bonchev–Trinajstić information content (AvgIpc) is 2.53. The van der Waals surface area contributed by atoms with Crippen LogP contribution in [0.1, 0.15) is 67.7 Å². The number of rotatable bonds is 13. The van der Waals surface area contributed by atoms with Gasteiger partial charge in [-0.25, -0.2) is 0 Å². The molecule has 0 aliphatic carbocycles. The molecule has 6 nitrogen and oxygen atoms in total. The molecule has 2 unspecified atom stereocenters. The zero-order valence-electron chi connectivity index (χ0n) is 22.0. The highest BCUT2D eigenvalue weighted by atomic mass is 32.2. The maximum atomic E-state index is 11.7. The van der Waals surface area contributed by atoms with Crippen molar-refractivity contribution in [3.05, 3.63) is 0 Å². The first-order chi connectivity index (χ1) is 13.6. The van der Waals surface area contributed by atoms with E-state index in [1.807, 2.05) is 0 Å². The third-order valence-corrected chi connectivity index (χ3v) is 16.3. The lowest BCUT2D eigenvalue weighted by Crippen LogP contribution is -2.48. The van der Waals surface area contributed by atoms with E-state index in [9.17, 15) is 13.2 Å². The molecule has 0 rings (SSSR count). The molecule has 3 atom stereocenters. The van der Waals surface area contributed by atoms with Crippen molar-refractivity contribution in [2.45, 2.75) is 116 Å². The Kier molecular flexibility index (Phi) is 11.4. The van der Waals surface area contributed by atoms with Crippen molar-refractivity contribution >= 4 is 33.0 Å². The van der Waals surface area contributed by atoms with Crippen LogP contribution in [0.2, 0.25) is 36.3 Å². The van der Waals surface area contributed by atoms with Crippen LogP contribution in [0.15, 0.2) is 0 Å². The lowest BCUT2D eigenvalue weighted by atomic mass is 10.0. The van der Waals surface area contributed by atoms with Gasteiger partial charge in [0.05, 0.1) is 25.1 Å². The molecule has 0 radical (unpaired) electrons. The summed E-state index contributed by atoms with van der Waals surface area (Å²) in [5.74, 6) is -0.269. The molecule has 0 aromatic heterocycles. The van der Waals surface area contributed by atoms with Crippen molar-refractivity contribution in [1.29, 1.82) is 0 Å². The van der Waals surface area contributed by atoms with Gasteiger partial charge in [-0.3, -0.25) is 4.18 Å². The second-order valence-corrected chi connectivity index (χ2v) is 23.1. The summed E-state index contributed by atoms with van der Waals surface area (Å²) in [6, 6.07) is 0. The van der Waals surface area contributed by atoms with E-state index in [2.05, 4.69) is 67.7 Å². The van der Waals surface area contributed by atoms with Crippen LogP contribution in [0.3, 0.4) is 0 Å². The van der Waals surface area contributed by atoms with Crippen LogP contribution in [0.25, 0.3) is 0 Å². The minimum Gasteiger partial charge on any atom is -0.414 e. The maximum Gasteiger partial charge on any atom is 0.264 e. The Morgan fingerprint density at radius 3 is 1.71 bits per heavy atom. The van der Waals surface area contributed by atoms with Gasteiger partial charge in [0.2, 0.25) is 0 Å². The van der Waals surface area contributed by atoms with Gasteiger partial charge in [0.1, 0.15) is 6.29 Å². The fourth-order valence-electron chi connectivity index (χ4n) is 2.58. The van der Waals surface area contributed by atoms with E-state index < -0.39 is 32.9 Å². The van der Waals surface area contributed by atoms with Gasteiger partial charge in [-0.15, -0.1) is 0 Å². The summed E-state index contributed by atoms with van der Waals surface area (Å²) < 4.78 is 41.9. The van der Waals surface area contributed by atoms with Crippen molar-refractivity contribution in [3.8, 4) is 0 Å². The van der Waals surface area contributed by atoms with Crippen LogP contribution in [0.5, 0.6) is 0 Å². The molecule has 0 amide bonds. The summed E-state index contributed by atoms with van der Waals surface area (Å²) in [7, 11) is -7.61. The summed E-state index contributed by atoms with van der Waals surface area (Å²) in [6.45, 7) is 24.4. The van der Waals surface area contributed by atoms with Crippen molar-refractivity contribution in [2.24, 2.45) is 5.92 Å². The molecule has 0 N–H and O–H groups in total. The van der Waals surface area contributed by atoms with Gasteiger partial charge in [0, 0.05) is 5.92 Å².